The third-order valence-corrected chi connectivity index (χ3v) is 5.86. The monoisotopic (exact) mass is 441 g/mol. The van der Waals surface area contributed by atoms with Crippen LogP contribution in [0.2, 0.25) is 0 Å². The summed E-state index contributed by atoms with van der Waals surface area (Å²) >= 11 is 6.43. The predicted molar refractivity (Wildman–Crippen MR) is 87.7 cm³/mol. The van der Waals surface area contributed by atoms with E-state index >= 15 is 0 Å². The molecule has 1 aromatic rings. The molecule has 1 atom stereocenters. The summed E-state index contributed by atoms with van der Waals surface area (Å²) in [5.41, 5.74) is -0.524. The molecule has 0 radical (unpaired) electrons. The Balaban J connectivity index is 3.17. The van der Waals surface area contributed by atoms with Crippen LogP contribution in [0.3, 0.4) is 0 Å². The average Bonchev–Trinajstić information content (AvgIpc) is 2.29. The maximum Gasteiger partial charge on any atom is 0.304 e. The highest BCUT2D eigenvalue weighted by molar-refractivity contribution is 9.11. The zero-order chi connectivity index (χ0) is 16.4. The predicted octanol–water partition coefficient (Wildman–Crippen LogP) is 3.38. The van der Waals surface area contributed by atoms with E-state index in [9.17, 15) is 13.2 Å². The number of rotatable bonds is 5. The van der Waals surface area contributed by atoms with Crippen LogP contribution in [-0.2, 0) is 14.8 Å². The maximum absolute atomic E-state index is 12.5. The van der Waals surface area contributed by atoms with Crippen LogP contribution in [0.25, 0.3) is 0 Å². The van der Waals surface area contributed by atoms with E-state index in [2.05, 4.69) is 36.6 Å². The number of hydrogen-bond acceptors (Lipinski definition) is 3. The lowest BCUT2D eigenvalue weighted by Crippen LogP contribution is -2.45. The summed E-state index contributed by atoms with van der Waals surface area (Å²) in [6.07, 6.45) is -0.283. The van der Waals surface area contributed by atoms with Crippen LogP contribution in [0.1, 0.15) is 27.2 Å². The van der Waals surface area contributed by atoms with Gasteiger partial charge in [0.1, 0.15) is 0 Å². The van der Waals surface area contributed by atoms with Crippen molar-refractivity contribution in [3.05, 3.63) is 27.1 Å². The van der Waals surface area contributed by atoms with Gasteiger partial charge in [-0.15, -0.1) is 0 Å². The average molecular weight is 443 g/mol. The normalized spacial score (nSPS) is 14.0. The van der Waals surface area contributed by atoms with Crippen LogP contribution < -0.4 is 4.72 Å². The minimum absolute atomic E-state index is 0.0662. The number of halogens is 2. The van der Waals surface area contributed by atoms with E-state index in [1.807, 2.05) is 0 Å². The van der Waals surface area contributed by atoms with Gasteiger partial charge in [-0.3, -0.25) is 4.79 Å². The summed E-state index contributed by atoms with van der Waals surface area (Å²) in [4.78, 5) is 11.0. The molecule has 21 heavy (non-hydrogen) atoms. The molecule has 0 bridgehead atoms. The van der Waals surface area contributed by atoms with Crippen molar-refractivity contribution < 1.29 is 18.3 Å². The second-order valence-corrected chi connectivity index (χ2v) is 9.16. The van der Waals surface area contributed by atoms with Gasteiger partial charge in [-0.1, -0.05) is 36.7 Å². The zero-order valence-electron chi connectivity index (χ0n) is 11.9. The molecule has 1 aromatic carbocycles. The Morgan fingerprint density at radius 1 is 1.33 bits per heavy atom. The number of hydrogen-bond donors (Lipinski definition) is 2. The second kappa shape index (κ2) is 6.76. The Hall–Kier alpha value is -0.440. The van der Waals surface area contributed by atoms with Gasteiger partial charge in [0.15, 0.2) is 0 Å². The van der Waals surface area contributed by atoms with E-state index < -0.39 is 27.4 Å². The number of carboxylic acids is 1. The molecular formula is C13H17Br2NO4S. The molecule has 118 valence electrons. The van der Waals surface area contributed by atoms with Gasteiger partial charge in [0.2, 0.25) is 10.0 Å². The number of carboxylic acid groups (broad SMARTS) is 1. The fraction of sp³-hybridized carbons (Fsp3) is 0.462. The Morgan fingerprint density at radius 2 is 1.90 bits per heavy atom. The molecule has 1 rings (SSSR count). The zero-order valence-corrected chi connectivity index (χ0v) is 15.8. The highest BCUT2D eigenvalue weighted by atomic mass is 79.9. The Kier molecular flexibility index (Phi) is 5.99. The van der Waals surface area contributed by atoms with Crippen molar-refractivity contribution in [3.8, 4) is 0 Å². The Morgan fingerprint density at radius 3 is 2.38 bits per heavy atom. The quantitative estimate of drug-likeness (QED) is 0.731. The number of sulfonamides is 1. The summed E-state index contributed by atoms with van der Waals surface area (Å²) in [7, 11) is -3.83. The first-order valence-corrected chi connectivity index (χ1v) is 9.19. The van der Waals surface area contributed by atoms with Crippen molar-refractivity contribution in [2.45, 2.75) is 38.1 Å². The van der Waals surface area contributed by atoms with Crippen molar-refractivity contribution in [2.75, 3.05) is 0 Å². The molecule has 0 amide bonds. The first-order chi connectivity index (χ1) is 9.43. The third-order valence-electron chi connectivity index (χ3n) is 2.90. The molecule has 0 aliphatic heterocycles. The van der Waals surface area contributed by atoms with Gasteiger partial charge < -0.3 is 5.11 Å². The first kappa shape index (κ1) is 18.6. The van der Waals surface area contributed by atoms with Crippen molar-refractivity contribution in [3.63, 3.8) is 0 Å². The van der Waals surface area contributed by atoms with Crippen LogP contribution in [0.5, 0.6) is 0 Å². The molecule has 0 fully saturated rings. The molecule has 0 aromatic heterocycles. The number of aliphatic carboxylic acids is 1. The molecule has 0 aliphatic rings. The second-order valence-electron chi connectivity index (χ2n) is 5.71. The van der Waals surface area contributed by atoms with Gasteiger partial charge >= 0.3 is 5.97 Å². The lowest BCUT2D eigenvalue weighted by molar-refractivity contribution is -0.138. The molecule has 2 N–H and O–H groups in total. The molecule has 1 unspecified atom stereocenters. The number of benzene rings is 1. The standard InChI is InChI=1S/C13H17Br2NO4S/c1-13(2,3)11(7-12(17)18)16-21(19,20)10-6-8(14)4-5-9(10)15/h4-6,11,16H,7H2,1-3H3,(H,17,18). The van der Waals surface area contributed by atoms with Crippen molar-refractivity contribution in [1.82, 2.24) is 4.72 Å². The van der Waals surface area contributed by atoms with E-state index in [1.165, 1.54) is 6.07 Å². The molecule has 0 spiro atoms. The molecule has 8 heteroatoms. The van der Waals surface area contributed by atoms with Gasteiger partial charge in [0.25, 0.3) is 0 Å². The molecule has 0 heterocycles. The molecule has 5 nitrogen and oxygen atoms in total. The van der Waals surface area contributed by atoms with E-state index in [4.69, 9.17) is 5.11 Å². The van der Waals surface area contributed by atoms with Gasteiger partial charge in [-0.2, -0.15) is 0 Å². The van der Waals surface area contributed by atoms with Crippen LogP contribution in [0.15, 0.2) is 32.0 Å². The van der Waals surface area contributed by atoms with E-state index in [0.717, 1.165) is 0 Å². The fourth-order valence-electron chi connectivity index (χ4n) is 1.63. The van der Waals surface area contributed by atoms with Crippen molar-refractivity contribution in [2.24, 2.45) is 5.41 Å². The van der Waals surface area contributed by atoms with Crippen LogP contribution in [0.4, 0.5) is 0 Å². The molecule has 0 saturated carbocycles. The van der Waals surface area contributed by atoms with E-state index in [-0.39, 0.29) is 11.3 Å². The molecule has 0 saturated heterocycles. The van der Waals surface area contributed by atoms with E-state index in [1.54, 1.807) is 32.9 Å². The molecule has 0 aliphatic carbocycles. The van der Waals surface area contributed by atoms with Crippen LogP contribution in [0, 0.1) is 5.41 Å². The van der Waals surface area contributed by atoms with Crippen molar-refractivity contribution >= 4 is 47.9 Å². The fourth-order valence-corrected chi connectivity index (χ4v) is 4.58. The lowest BCUT2D eigenvalue weighted by atomic mass is 9.85. The van der Waals surface area contributed by atoms with Gasteiger partial charge in [0, 0.05) is 15.0 Å². The largest absolute Gasteiger partial charge is 0.481 e. The summed E-state index contributed by atoms with van der Waals surface area (Å²) < 4.78 is 28.5. The number of nitrogens with one attached hydrogen (secondary N) is 1. The highest BCUT2D eigenvalue weighted by Gasteiger charge is 2.32. The minimum atomic E-state index is -3.83. The first-order valence-electron chi connectivity index (χ1n) is 6.12. The SMILES string of the molecule is CC(C)(C)C(CC(=O)O)NS(=O)(=O)c1cc(Br)ccc1Br. The van der Waals surface area contributed by atoms with Crippen LogP contribution in [-0.4, -0.2) is 25.5 Å². The van der Waals surface area contributed by atoms with Gasteiger partial charge in [0.05, 0.1) is 11.3 Å². The summed E-state index contributed by atoms with van der Waals surface area (Å²) in [6.45, 7) is 5.37. The molecular weight excluding hydrogens is 426 g/mol. The van der Waals surface area contributed by atoms with E-state index in [0.29, 0.717) is 8.95 Å². The van der Waals surface area contributed by atoms with Crippen molar-refractivity contribution in [1.29, 1.82) is 0 Å². The van der Waals surface area contributed by atoms with Gasteiger partial charge in [-0.25, -0.2) is 13.1 Å². The highest BCUT2D eigenvalue weighted by Crippen LogP contribution is 2.28. The number of carbonyl (C=O) groups is 1. The maximum atomic E-state index is 12.5. The Bertz CT molecular complexity index is 638. The summed E-state index contributed by atoms with van der Waals surface area (Å²) in [5, 5.41) is 8.96. The third kappa shape index (κ3) is 5.36. The lowest BCUT2D eigenvalue weighted by Gasteiger charge is -2.30. The van der Waals surface area contributed by atoms with Crippen LogP contribution >= 0.6 is 31.9 Å². The summed E-state index contributed by atoms with van der Waals surface area (Å²) in [6, 6.07) is 4.07. The topological polar surface area (TPSA) is 83.5 Å². The minimum Gasteiger partial charge on any atom is -0.481 e. The summed E-state index contributed by atoms with van der Waals surface area (Å²) in [5.74, 6) is -1.05. The smallest absolute Gasteiger partial charge is 0.304 e. The van der Waals surface area contributed by atoms with Gasteiger partial charge in [-0.05, 0) is 39.5 Å². The Labute approximate surface area is 141 Å².